The van der Waals surface area contributed by atoms with Crippen LogP contribution >= 0.6 is 11.8 Å². The van der Waals surface area contributed by atoms with Crippen molar-refractivity contribution in [3.63, 3.8) is 0 Å². The fourth-order valence-corrected chi connectivity index (χ4v) is 5.79. The largest absolute Gasteiger partial charge is 0.193 e. The van der Waals surface area contributed by atoms with E-state index in [2.05, 4.69) is 13.0 Å². The molecule has 0 heterocycles. The first-order valence-corrected chi connectivity index (χ1v) is 7.37. The molecule has 4 fully saturated rings. The second-order valence-corrected chi connectivity index (χ2v) is 7.32. The zero-order valence-electron chi connectivity index (χ0n) is 9.86. The molecule has 0 amide bonds. The Morgan fingerprint density at radius 1 is 1.12 bits per heavy atom. The summed E-state index contributed by atoms with van der Waals surface area (Å²) in [7, 11) is 0. The molecule has 0 unspecified atom stereocenters. The first-order valence-electron chi connectivity index (χ1n) is 6.49. The summed E-state index contributed by atoms with van der Waals surface area (Å²) in [6, 6.07) is 2.16. The Labute approximate surface area is 102 Å². The van der Waals surface area contributed by atoms with Crippen molar-refractivity contribution in [2.24, 2.45) is 23.7 Å². The fraction of sp³-hybridized carbons (Fsp3) is 0.786. The molecule has 4 aliphatic rings. The van der Waals surface area contributed by atoms with E-state index in [4.69, 9.17) is 5.26 Å². The number of nitrogens with zero attached hydrogens (tertiary/aromatic N) is 1. The van der Waals surface area contributed by atoms with Crippen LogP contribution in [0.25, 0.3) is 0 Å². The molecule has 16 heavy (non-hydrogen) atoms. The number of nitriles is 1. The van der Waals surface area contributed by atoms with Crippen LogP contribution in [0.2, 0.25) is 0 Å². The van der Waals surface area contributed by atoms with Gasteiger partial charge in [-0.2, -0.15) is 5.26 Å². The molecule has 0 atom stereocenters. The highest BCUT2D eigenvalue weighted by atomic mass is 32.2. The maximum absolute atomic E-state index is 8.68. The van der Waals surface area contributed by atoms with Gasteiger partial charge in [-0.25, -0.2) is 0 Å². The molecular weight excluding hydrogens is 214 g/mol. The van der Waals surface area contributed by atoms with Gasteiger partial charge >= 0.3 is 0 Å². The third kappa shape index (κ3) is 1.80. The Morgan fingerprint density at radius 3 is 2.19 bits per heavy atom. The summed E-state index contributed by atoms with van der Waals surface area (Å²) in [6.45, 7) is 2.10. The fourth-order valence-electron chi connectivity index (χ4n) is 4.41. The summed E-state index contributed by atoms with van der Waals surface area (Å²) >= 11 is 2.00. The van der Waals surface area contributed by atoms with Gasteiger partial charge in [-0.05, 0) is 67.6 Å². The smallest absolute Gasteiger partial charge is 0.0920 e. The third-order valence-electron chi connectivity index (χ3n) is 4.73. The minimum absolute atomic E-state index is 0.831. The first-order chi connectivity index (χ1) is 7.76. The zero-order valence-corrected chi connectivity index (χ0v) is 10.7. The van der Waals surface area contributed by atoms with Gasteiger partial charge in [0.25, 0.3) is 0 Å². The van der Waals surface area contributed by atoms with Gasteiger partial charge in [-0.15, -0.1) is 11.8 Å². The molecule has 0 radical (unpaired) electrons. The minimum Gasteiger partial charge on any atom is -0.193 e. The van der Waals surface area contributed by atoms with Gasteiger partial charge in [0.1, 0.15) is 0 Å². The highest BCUT2D eigenvalue weighted by Gasteiger charge is 2.48. The number of thioether (sulfide) groups is 1. The molecule has 86 valence electrons. The van der Waals surface area contributed by atoms with Gasteiger partial charge in [-0.3, -0.25) is 0 Å². The lowest BCUT2D eigenvalue weighted by molar-refractivity contribution is 0.0269. The van der Waals surface area contributed by atoms with Crippen LogP contribution in [-0.4, -0.2) is 5.25 Å². The van der Waals surface area contributed by atoms with Gasteiger partial charge in [-0.1, -0.05) is 0 Å². The maximum atomic E-state index is 8.68. The van der Waals surface area contributed by atoms with Crippen LogP contribution in [0.1, 0.15) is 39.0 Å². The van der Waals surface area contributed by atoms with Crippen molar-refractivity contribution in [3.05, 3.63) is 11.0 Å². The van der Waals surface area contributed by atoms with Crippen LogP contribution < -0.4 is 0 Å². The Bertz CT molecular complexity index is 324. The van der Waals surface area contributed by atoms with E-state index in [1.807, 2.05) is 11.8 Å². The molecule has 0 aliphatic heterocycles. The lowest BCUT2D eigenvalue weighted by Gasteiger charge is -2.54. The van der Waals surface area contributed by atoms with Crippen LogP contribution in [0.5, 0.6) is 0 Å². The second kappa shape index (κ2) is 4.11. The number of rotatable bonds is 2. The second-order valence-electron chi connectivity index (χ2n) is 5.90. The first kappa shape index (κ1) is 10.7. The topological polar surface area (TPSA) is 23.8 Å². The summed E-state index contributed by atoms with van der Waals surface area (Å²) in [5, 5.41) is 9.51. The standard InChI is InChI=1S/C14H19NS/c1-9(2-3-15)16-14-12-5-10-4-11(7-12)8-13(14)6-10/h2,10-14H,4-8H2,1H3/b9-2+. The molecule has 4 bridgehead atoms. The normalized spacial score (nSPS) is 45.8. The van der Waals surface area contributed by atoms with Crippen LogP contribution in [0.4, 0.5) is 0 Å². The van der Waals surface area contributed by atoms with E-state index < -0.39 is 0 Å². The summed E-state index contributed by atoms with van der Waals surface area (Å²) < 4.78 is 0. The van der Waals surface area contributed by atoms with E-state index in [1.54, 1.807) is 6.08 Å². The molecule has 0 spiro atoms. The predicted molar refractivity (Wildman–Crippen MR) is 67.8 cm³/mol. The van der Waals surface area contributed by atoms with Crippen molar-refractivity contribution in [3.8, 4) is 6.07 Å². The van der Waals surface area contributed by atoms with Crippen LogP contribution in [0, 0.1) is 35.0 Å². The van der Waals surface area contributed by atoms with Crippen molar-refractivity contribution < 1.29 is 0 Å². The third-order valence-corrected chi connectivity index (χ3v) is 6.26. The maximum Gasteiger partial charge on any atom is 0.0920 e. The van der Waals surface area contributed by atoms with Crippen molar-refractivity contribution >= 4 is 11.8 Å². The number of allylic oxidation sites excluding steroid dienone is 2. The summed E-state index contributed by atoms with van der Waals surface area (Å²) in [5.74, 6) is 4.03. The predicted octanol–water partition coefficient (Wildman–Crippen LogP) is 3.97. The highest BCUT2D eigenvalue weighted by Crippen LogP contribution is 2.57. The molecule has 4 aliphatic carbocycles. The van der Waals surface area contributed by atoms with E-state index in [0.717, 1.165) is 28.9 Å². The van der Waals surface area contributed by atoms with Gasteiger partial charge < -0.3 is 0 Å². The van der Waals surface area contributed by atoms with Crippen molar-refractivity contribution in [2.75, 3.05) is 0 Å². The Morgan fingerprint density at radius 2 is 1.69 bits per heavy atom. The molecule has 0 N–H and O–H groups in total. The van der Waals surface area contributed by atoms with Crippen LogP contribution in [0.15, 0.2) is 11.0 Å². The molecule has 0 aromatic rings. The molecule has 2 heteroatoms. The van der Waals surface area contributed by atoms with E-state index in [0.29, 0.717) is 0 Å². The SMILES string of the molecule is C/C(=C\C#N)SC1C2CC3CC(C2)CC1C3. The Balaban J connectivity index is 1.73. The van der Waals surface area contributed by atoms with Crippen molar-refractivity contribution in [2.45, 2.75) is 44.3 Å². The van der Waals surface area contributed by atoms with E-state index >= 15 is 0 Å². The monoisotopic (exact) mass is 233 g/mol. The molecule has 0 aromatic carbocycles. The van der Waals surface area contributed by atoms with E-state index in [9.17, 15) is 0 Å². The van der Waals surface area contributed by atoms with Crippen LogP contribution in [-0.2, 0) is 0 Å². The zero-order chi connectivity index (χ0) is 11.1. The highest BCUT2D eigenvalue weighted by molar-refractivity contribution is 8.03. The summed E-state index contributed by atoms with van der Waals surface area (Å²) in [6.07, 6.45) is 9.15. The molecule has 4 saturated carbocycles. The van der Waals surface area contributed by atoms with E-state index in [1.165, 1.54) is 37.0 Å². The minimum atomic E-state index is 0.831. The average Bonchev–Trinajstić information content (AvgIpc) is 2.23. The molecule has 1 nitrogen and oxygen atoms in total. The number of hydrogen-bond acceptors (Lipinski definition) is 2. The summed E-state index contributed by atoms with van der Waals surface area (Å²) in [5.41, 5.74) is 0. The molecular formula is C14H19NS. The lowest BCUT2D eigenvalue weighted by atomic mass is 9.56. The van der Waals surface area contributed by atoms with Crippen molar-refractivity contribution in [1.29, 1.82) is 5.26 Å². The van der Waals surface area contributed by atoms with Gasteiger partial charge in [0.15, 0.2) is 0 Å². The Hall–Kier alpha value is -0.420. The number of hydrogen-bond donors (Lipinski definition) is 0. The Kier molecular flexibility index (Phi) is 2.75. The van der Waals surface area contributed by atoms with Gasteiger partial charge in [0, 0.05) is 11.3 Å². The molecule has 0 aromatic heterocycles. The van der Waals surface area contributed by atoms with E-state index in [-0.39, 0.29) is 0 Å². The average molecular weight is 233 g/mol. The van der Waals surface area contributed by atoms with Crippen molar-refractivity contribution in [1.82, 2.24) is 0 Å². The molecule has 4 rings (SSSR count). The van der Waals surface area contributed by atoms with Gasteiger partial charge in [0.05, 0.1) is 6.07 Å². The summed E-state index contributed by atoms with van der Waals surface area (Å²) in [4.78, 5) is 1.22. The van der Waals surface area contributed by atoms with Crippen LogP contribution in [0.3, 0.4) is 0 Å². The molecule has 0 saturated heterocycles. The van der Waals surface area contributed by atoms with Gasteiger partial charge in [0.2, 0.25) is 0 Å². The quantitative estimate of drug-likeness (QED) is 0.674. The lowest BCUT2D eigenvalue weighted by Crippen LogP contribution is -2.46.